The standard InChI is InChI=1S/C21H25N5O.C2H6/c1-2-14-6-3-4-7-18(14)15-10-16-12-25(13-17(16)11-15)20(27)19-23-21-22-8-5-9-26(21)24-19;1-2/h3-9,15-17,21H,2,10-13H2,1H3,(H,23,24);1-2H3/t15?,16-,17+,21?;. The van der Waals surface area contributed by atoms with Crippen molar-refractivity contribution in [2.75, 3.05) is 13.1 Å². The van der Waals surface area contributed by atoms with Crippen molar-refractivity contribution in [3.05, 3.63) is 47.7 Å². The Bertz CT molecular complexity index is 831. The van der Waals surface area contributed by atoms with Crippen LogP contribution >= 0.6 is 0 Å². The van der Waals surface area contributed by atoms with Gasteiger partial charge < -0.3 is 4.90 Å². The molecule has 6 heteroatoms. The second-order valence-electron chi connectivity index (χ2n) is 7.93. The molecule has 2 unspecified atom stereocenters. The Hall–Kier alpha value is -2.63. The minimum Gasteiger partial charge on any atom is -0.335 e. The van der Waals surface area contributed by atoms with Crippen LogP contribution in [-0.2, 0) is 11.2 Å². The van der Waals surface area contributed by atoms with E-state index in [1.54, 1.807) is 11.2 Å². The number of amides is 1. The number of hydrogen-bond donors (Lipinski definition) is 1. The van der Waals surface area contributed by atoms with Crippen LogP contribution in [0.15, 0.2) is 46.5 Å². The van der Waals surface area contributed by atoms with E-state index in [1.165, 1.54) is 24.0 Å². The third kappa shape index (κ3) is 3.68. The van der Waals surface area contributed by atoms with Crippen molar-refractivity contribution in [2.45, 2.75) is 52.2 Å². The molecule has 1 aromatic carbocycles. The van der Waals surface area contributed by atoms with Crippen LogP contribution in [0.2, 0.25) is 0 Å². The number of nitrogens with zero attached hydrogens (tertiary/aromatic N) is 4. The molecule has 0 radical (unpaired) electrons. The van der Waals surface area contributed by atoms with Crippen molar-refractivity contribution >= 4 is 18.0 Å². The number of likely N-dealkylation sites (tertiary alicyclic amines) is 1. The Kier molecular flexibility index (Phi) is 5.69. The molecule has 0 spiro atoms. The van der Waals surface area contributed by atoms with Crippen molar-refractivity contribution in [1.29, 1.82) is 0 Å². The summed E-state index contributed by atoms with van der Waals surface area (Å²) in [7, 11) is 0. The smallest absolute Gasteiger partial charge is 0.290 e. The van der Waals surface area contributed by atoms with Gasteiger partial charge in [-0.25, -0.2) is 15.0 Å². The lowest BCUT2D eigenvalue weighted by molar-refractivity contribution is -0.123. The lowest BCUT2D eigenvalue weighted by atomic mass is 9.90. The number of hydrazine groups is 1. The Morgan fingerprint density at radius 2 is 1.90 bits per heavy atom. The average Bonchev–Trinajstić information content (AvgIpc) is 3.47. The first-order chi connectivity index (χ1) is 14.2. The van der Waals surface area contributed by atoms with E-state index >= 15 is 0 Å². The number of hydrogen-bond acceptors (Lipinski definition) is 5. The monoisotopic (exact) mass is 393 g/mol. The summed E-state index contributed by atoms with van der Waals surface area (Å²) >= 11 is 0. The van der Waals surface area contributed by atoms with E-state index in [9.17, 15) is 4.79 Å². The van der Waals surface area contributed by atoms with Crippen LogP contribution in [0.25, 0.3) is 0 Å². The highest BCUT2D eigenvalue weighted by Gasteiger charge is 2.44. The zero-order valence-corrected chi connectivity index (χ0v) is 17.6. The predicted molar refractivity (Wildman–Crippen MR) is 117 cm³/mol. The molecule has 1 aliphatic carbocycles. The highest BCUT2D eigenvalue weighted by Crippen LogP contribution is 2.47. The number of amidine groups is 1. The zero-order valence-electron chi connectivity index (χ0n) is 17.6. The summed E-state index contributed by atoms with van der Waals surface area (Å²) < 4.78 is 0. The van der Waals surface area contributed by atoms with Gasteiger partial charge in [-0.15, -0.1) is 0 Å². The molecule has 3 aliphatic heterocycles. The largest absolute Gasteiger partial charge is 0.335 e. The van der Waals surface area contributed by atoms with Crippen LogP contribution in [0.3, 0.4) is 0 Å². The third-order valence-corrected chi connectivity index (χ3v) is 6.40. The van der Waals surface area contributed by atoms with Crippen molar-refractivity contribution in [3.8, 4) is 0 Å². The van der Waals surface area contributed by atoms with Crippen LogP contribution in [0.5, 0.6) is 0 Å². The van der Waals surface area contributed by atoms with Gasteiger partial charge in [0.15, 0.2) is 0 Å². The molecule has 1 N–H and O–H groups in total. The second-order valence-corrected chi connectivity index (χ2v) is 7.93. The number of carbonyl (C=O) groups excluding carboxylic acids is 1. The molecule has 29 heavy (non-hydrogen) atoms. The van der Waals surface area contributed by atoms with Gasteiger partial charge in [0.1, 0.15) is 0 Å². The fraction of sp³-hybridized carbons (Fsp3) is 0.522. The van der Waals surface area contributed by atoms with E-state index in [0.717, 1.165) is 19.5 Å². The van der Waals surface area contributed by atoms with Gasteiger partial charge >= 0.3 is 0 Å². The van der Waals surface area contributed by atoms with Crippen molar-refractivity contribution in [3.63, 3.8) is 0 Å². The molecule has 0 bridgehead atoms. The topological polar surface area (TPSA) is 60.3 Å². The summed E-state index contributed by atoms with van der Waals surface area (Å²) in [6.07, 6.45) is 8.53. The van der Waals surface area contributed by atoms with Crippen LogP contribution in [0.1, 0.15) is 50.7 Å². The zero-order chi connectivity index (χ0) is 20.4. The number of carbonyl (C=O) groups is 1. The maximum atomic E-state index is 12.9. The van der Waals surface area contributed by atoms with E-state index in [2.05, 4.69) is 46.6 Å². The molecule has 4 aliphatic rings. The normalized spacial score (nSPS) is 29.0. The van der Waals surface area contributed by atoms with Gasteiger partial charge in [-0.1, -0.05) is 45.0 Å². The molecule has 3 heterocycles. The molecule has 4 atom stereocenters. The Labute approximate surface area is 173 Å². The third-order valence-electron chi connectivity index (χ3n) is 6.40. The molecule has 5 rings (SSSR count). The van der Waals surface area contributed by atoms with Crippen LogP contribution in [0.4, 0.5) is 0 Å². The second kappa shape index (κ2) is 8.39. The minimum absolute atomic E-state index is 0.00732. The Morgan fingerprint density at radius 3 is 2.59 bits per heavy atom. The minimum atomic E-state index is -0.342. The van der Waals surface area contributed by atoms with E-state index in [-0.39, 0.29) is 12.2 Å². The summed E-state index contributed by atoms with van der Waals surface area (Å²) in [6.45, 7) is 7.93. The molecule has 154 valence electrons. The van der Waals surface area contributed by atoms with E-state index in [1.807, 2.05) is 31.0 Å². The summed E-state index contributed by atoms with van der Waals surface area (Å²) in [5.74, 6) is 2.27. The van der Waals surface area contributed by atoms with Crippen molar-refractivity contribution in [1.82, 2.24) is 15.3 Å². The summed E-state index contributed by atoms with van der Waals surface area (Å²) in [5.41, 5.74) is 6.08. The first kappa shape index (κ1) is 19.7. The van der Waals surface area contributed by atoms with Crippen LogP contribution in [0, 0.1) is 11.8 Å². The van der Waals surface area contributed by atoms with E-state index in [0.29, 0.717) is 23.6 Å². The maximum absolute atomic E-state index is 12.9. The van der Waals surface area contributed by atoms with Crippen LogP contribution < -0.4 is 5.43 Å². The number of rotatable bonds is 3. The van der Waals surface area contributed by atoms with Gasteiger partial charge in [-0.3, -0.25) is 10.2 Å². The Balaban J connectivity index is 0.000000994. The van der Waals surface area contributed by atoms with Gasteiger partial charge in [-0.2, -0.15) is 0 Å². The summed E-state index contributed by atoms with van der Waals surface area (Å²) in [5, 5.41) is 1.77. The molecule has 0 aromatic heterocycles. The predicted octanol–water partition coefficient (Wildman–Crippen LogP) is 3.33. The molecular weight excluding hydrogens is 362 g/mol. The number of aryl methyl sites for hydroxylation is 1. The first-order valence-electron chi connectivity index (χ1n) is 10.9. The highest BCUT2D eigenvalue weighted by molar-refractivity contribution is 6.38. The molecule has 1 saturated carbocycles. The number of benzene rings is 1. The number of nitrogens with one attached hydrogen (secondary N) is 1. The van der Waals surface area contributed by atoms with Gasteiger partial charge in [0.25, 0.3) is 5.91 Å². The lowest BCUT2D eigenvalue weighted by Gasteiger charge is -2.22. The molecule has 1 amide bonds. The van der Waals surface area contributed by atoms with E-state index < -0.39 is 0 Å². The molecule has 2 fully saturated rings. The summed E-state index contributed by atoms with van der Waals surface area (Å²) in [4.78, 5) is 23.6. The quantitative estimate of drug-likeness (QED) is 0.857. The van der Waals surface area contributed by atoms with Gasteiger partial charge in [0.2, 0.25) is 12.1 Å². The van der Waals surface area contributed by atoms with Gasteiger partial charge in [0.05, 0.1) is 0 Å². The van der Waals surface area contributed by atoms with Crippen molar-refractivity contribution in [2.24, 2.45) is 21.8 Å². The summed E-state index contributed by atoms with van der Waals surface area (Å²) in [6, 6.07) is 8.86. The molecule has 1 saturated heterocycles. The first-order valence-corrected chi connectivity index (χ1v) is 10.9. The number of aliphatic imine (C=N–C) groups is 2. The SMILES string of the molecule is CC.CCc1ccccc1C1C[C@@H]2CN(C(=O)C3=NC4N=CC=CN4N3)C[C@@H]2C1. The van der Waals surface area contributed by atoms with E-state index in [4.69, 9.17) is 0 Å². The molecule has 1 aromatic rings. The van der Waals surface area contributed by atoms with Gasteiger partial charge in [0, 0.05) is 25.5 Å². The fourth-order valence-electron chi connectivity index (χ4n) is 5.09. The lowest BCUT2D eigenvalue weighted by Crippen LogP contribution is -2.45. The Morgan fingerprint density at radius 1 is 1.17 bits per heavy atom. The highest BCUT2D eigenvalue weighted by atomic mass is 16.2. The fourth-order valence-corrected chi connectivity index (χ4v) is 5.09. The number of fused-ring (bicyclic) bond motifs is 2. The molecule has 6 nitrogen and oxygen atoms in total. The number of allylic oxidation sites excluding steroid dienone is 1. The van der Waals surface area contributed by atoms with Crippen LogP contribution in [-0.4, -0.2) is 47.2 Å². The molecular formula is C23H31N5O. The average molecular weight is 394 g/mol. The van der Waals surface area contributed by atoms with Gasteiger partial charge in [-0.05, 0) is 54.2 Å². The maximum Gasteiger partial charge on any atom is 0.290 e. The van der Waals surface area contributed by atoms with Crippen molar-refractivity contribution < 1.29 is 4.79 Å².